The topological polar surface area (TPSA) is 35.8 Å². The molecule has 1 fully saturated rings. The molecule has 0 heterocycles. The second-order valence-electron chi connectivity index (χ2n) is 5.78. The van der Waals surface area contributed by atoms with Crippen LogP contribution in [0.1, 0.15) is 37.2 Å². The number of nitrogens with one attached hydrogen (secondary N) is 1. The van der Waals surface area contributed by atoms with E-state index in [0.29, 0.717) is 0 Å². The van der Waals surface area contributed by atoms with Crippen molar-refractivity contribution in [2.45, 2.75) is 37.1 Å². The molecule has 2 unspecified atom stereocenters. The summed E-state index contributed by atoms with van der Waals surface area (Å²) in [7, 11) is 0. The molecule has 21 heavy (non-hydrogen) atoms. The van der Waals surface area contributed by atoms with Crippen molar-refractivity contribution < 1.29 is 0 Å². The number of hydrogen-bond donors (Lipinski definition) is 1. The van der Waals surface area contributed by atoms with Crippen molar-refractivity contribution in [3.63, 3.8) is 0 Å². The molecule has 0 bridgehead atoms. The molecular weight excluding hydrogens is 256 g/mol. The number of rotatable bonds is 3. The number of anilines is 1. The van der Waals surface area contributed by atoms with Crippen LogP contribution in [0.2, 0.25) is 0 Å². The number of benzene rings is 2. The lowest BCUT2D eigenvalue weighted by atomic mass is 9.70. The van der Waals surface area contributed by atoms with Crippen molar-refractivity contribution in [3.8, 4) is 6.07 Å². The second-order valence-corrected chi connectivity index (χ2v) is 5.78. The molecule has 2 atom stereocenters. The van der Waals surface area contributed by atoms with Crippen molar-refractivity contribution in [3.05, 3.63) is 66.2 Å². The van der Waals surface area contributed by atoms with Crippen LogP contribution in [0.25, 0.3) is 0 Å². The summed E-state index contributed by atoms with van der Waals surface area (Å²) < 4.78 is 0. The molecular formula is C19H20N2. The Morgan fingerprint density at radius 3 is 2.29 bits per heavy atom. The first-order chi connectivity index (χ1) is 10.3. The predicted molar refractivity (Wildman–Crippen MR) is 86.1 cm³/mol. The van der Waals surface area contributed by atoms with E-state index in [4.69, 9.17) is 0 Å². The zero-order chi connectivity index (χ0) is 14.5. The van der Waals surface area contributed by atoms with Gasteiger partial charge in [0.15, 0.2) is 0 Å². The average Bonchev–Trinajstić information content (AvgIpc) is 2.57. The molecule has 3 rings (SSSR count). The van der Waals surface area contributed by atoms with Crippen LogP contribution >= 0.6 is 0 Å². The second kappa shape index (κ2) is 6.01. The van der Waals surface area contributed by atoms with Gasteiger partial charge < -0.3 is 5.32 Å². The summed E-state index contributed by atoms with van der Waals surface area (Å²) in [6.45, 7) is 0. The van der Waals surface area contributed by atoms with E-state index in [1.165, 1.54) is 12.0 Å². The first-order valence-electron chi connectivity index (χ1n) is 7.63. The highest BCUT2D eigenvalue weighted by Crippen LogP contribution is 2.42. The Labute approximate surface area is 126 Å². The summed E-state index contributed by atoms with van der Waals surface area (Å²) >= 11 is 0. The van der Waals surface area contributed by atoms with Gasteiger partial charge in [-0.25, -0.2) is 0 Å². The molecule has 0 aliphatic heterocycles. The lowest BCUT2D eigenvalue weighted by Crippen LogP contribution is -2.45. The van der Waals surface area contributed by atoms with Gasteiger partial charge in [-0.05, 0) is 37.0 Å². The number of para-hydroxylation sites is 1. The Morgan fingerprint density at radius 2 is 1.62 bits per heavy atom. The fraction of sp³-hybridized carbons (Fsp3) is 0.316. The van der Waals surface area contributed by atoms with Crippen LogP contribution < -0.4 is 5.32 Å². The van der Waals surface area contributed by atoms with E-state index < -0.39 is 5.54 Å². The monoisotopic (exact) mass is 276 g/mol. The molecule has 1 saturated carbocycles. The maximum absolute atomic E-state index is 9.92. The van der Waals surface area contributed by atoms with E-state index in [9.17, 15) is 5.26 Å². The predicted octanol–water partition coefficient (Wildman–Crippen LogP) is 4.72. The van der Waals surface area contributed by atoms with Gasteiger partial charge in [-0.2, -0.15) is 5.26 Å². The van der Waals surface area contributed by atoms with Crippen molar-refractivity contribution in [2.24, 2.45) is 0 Å². The summed E-state index contributed by atoms with van der Waals surface area (Å²) in [6, 6.07) is 23.1. The zero-order valence-electron chi connectivity index (χ0n) is 12.1. The summed E-state index contributed by atoms with van der Waals surface area (Å²) in [5.41, 5.74) is 1.80. The summed E-state index contributed by atoms with van der Waals surface area (Å²) in [6.07, 6.45) is 4.27. The maximum Gasteiger partial charge on any atom is 0.132 e. The van der Waals surface area contributed by atoms with Gasteiger partial charge in [0, 0.05) is 11.6 Å². The van der Waals surface area contributed by atoms with Crippen LogP contribution in [-0.4, -0.2) is 5.54 Å². The summed E-state index contributed by atoms with van der Waals surface area (Å²) in [5.74, 6) is 0.248. The van der Waals surface area contributed by atoms with E-state index in [-0.39, 0.29) is 5.92 Å². The first-order valence-corrected chi connectivity index (χ1v) is 7.63. The lowest BCUT2D eigenvalue weighted by Gasteiger charge is -2.40. The van der Waals surface area contributed by atoms with Gasteiger partial charge >= 0.3 is 0 Å². The Bertz CT molecular complexity index is 615. The maximum atomic E-state index is 9.92. The van der Waals surface area contributed by atoms with Crippen molar-refractivity contribution in [1.82, 2.24) is 0 Å². The minimum atomic E-state index is -0.499. The third kappa shape index (κ3) is 2.78. The van der Waals surface area contributed by atoms with E-state index in [1.54, 1.807) is 0 Å². The van der Waals surface area contributed by atoms with Crippen molar-refractivity contribution in [1.29, 1.82) is 5.26 Å². The molecule has 0 spiro atoms. The van der Waals surface area contributed by atoms with Crippen LogP contribution in [-0.2, 0) is 0 Å². The van der Waals surface area contributed by atoms with Crippen LogP contribution in [0.5, 0.6) is 0 Å². The molecule has 1 aliphatic carbocycles. The smallest absolute Gasteiger partial charge is 0.132 e. The molecule has 1 aliphatic rings. The molecule has 0 radical (unpaired) electrons. The van der Waals surface area contributed by atoms with Gasteiger partial charge in [-0.1, -0.05) is 55.0 Å². The van der Waals surface area contributed by atoms with Crippen molar-refractivity contribution in [2.75, 3.05) is 5.32 Å². The lowest BCUT2D eigenvalue weighted by molar-refractivity contribution is 0.339. The number of nitriles is 1. The molecule has 2 aromatic carbocycles. The molecule has 2 nitrogen and oxygen atoms in total. The molecule has 2 aromatic rings. The molecule has 106 valence electrons. The average molecular weight is 276 g/mol. The fourth-order valence-electron chi connectivity index (χ4n) is 3.40. The SMILES string of the molecule is N#CC1(Nc2ccccc2)CCCCC1c1ccccc1. The van der Waals surface area contributed by atoms with Crippen LogP contribution in [0.15, 0.2) is 60.7 Å². The van der Waals surface area contributed by atoms with Gasteiger partial charge in [-0.15, -0.1) is 0 Å². The van der Waals surface area contributed by atoms with Crippen LogP contribution in [0, 0.1) is 11.3 Å². The van der Waals surface area contributed by atoms with Gasteiger partial charge in [0.1, 0.15) is 5.54 Å². The van der Waals surface area contributed by atoms with Crippen LogP contribution in [0.4, 0.5) is 5.69 Å². The van der Waals surface area contributed by atoms with E-state index in [2.05, 4.69) is 35.7 Å². The molecule has 0 saturated heterocycles. The Balaban J connectivity index is 1.95. The van der Waals surface area contributed by atoms with Gasteiger partial charge in [0.2, 0.25) is 0 Å². The summed E-state index contributed by atoms with van der Waals surface area (Å²) in [5, 5.41) is 13.5. The highest BCUT2D eigenvalue weighted by molar-refractivity contribution is 5.50. The number of nitrogens with zero attached hydrogens (tertiary/aromatic N) is 1. The molecule has 0 amide bonds. The van der Waals surface area contributed by atoms with Gasteiger partial charge in [0.05, 0.1) is 6.07 Å². The highest BCUT2D eigenvalue weighted by Gasteiger charge is 2.41. The van der Waals surface area contributed by atoms with Crippen molar-refractivity contribution >= 4 is 5.69 Å². The third-order valence-electron chi connectivity index (χ3n) is 4.45. The zero-order valence-corrected chi connectivity index (χ0v) is 12.1. The summed E-state index contributed by atoms with van der Waals surface area (Å²) in [4.78, 5) is 0. The normalized spacial score (nSPS) is 25.0. The standard InChI is InChI=1S/C19H20N2/c20-15-19(21-17-11-5-2-6-12-17)14-8-7-13-18(19)16-9-3-1-4-10-16/h1-6,9-12,18,21H,7-8,13-14H2. The molecule has 1 N–H and O–H groups in total. The highest BCUT2D eigenvalue weighted by atomic mass is 15.0. The Hall–Kier alpha value is -2.27. The fourth-order valence-corrected chi connectivity index (χ4v) is 3.40. The quantitative estimate of drug-likeness (QED) is 0.880. The van der Waals surface area contributed by atoms with Crippen LogP contribution in [0.3, 0.4) is 0 Å². The molecule has 0 aromatic heterocycles. The van der Waals surface area contributed by atoms with Gasteiger partial charge in [-0.3, -0.25) is 0 Å². The Kier molecular flexibility index (Phi) is 3.92. The number of hydrogen-bond acceptors (Lipinski definition) is 2. The van der Waals surface area contributed by atoms with E-state index in [1.807, 2.05) is 36.4 Å². The van der Waals surface area contributed by atoms with E-state index in [0.717, 1.165) is 24.9 Å². The molecule has 2 heteroatoms. The van der Waals surface area contributed by atoms with Gasteiger partial charge in [0.25, 0.3) is 0 Å². The third-order valence-corrected chi connectivity index (χ3v) is 4.45. The largest absolute Gasteiger partial charge is 0.367 e. The first kappa shape index (κ1) is 13.7. The minimum Gasteiger partial charge on any atom is -0.367 e. The minimum absolute atomic E-state index is 0.248. The van der Waals surface area contributed by atoms with E-state index >= 15 is 0 Å². The Morgan fingerprint density at radius 1 is 0.952 bits per heavy atom.